The molecule has 6 nitrogen and oxygen atoms in total. The molecular formula is C34H29NO5S3. The van der Waals surface area contributed by atoms with Crippen LogP contribution in [-0.2, 0) is 19.7 Å². The summed E-state index contributed by atoms with van der Waals surface area (Å²) in [6, 6.07) is 33.9. The molecule has 0 amide bonds. The van der Waals surface area contributed by atoms with Crippen molar-refractivity contribution in [1.82, 2.24) is 4.98 Å². The smallest absolute Gasteiger partial charge is 0.210 e. The molecule has 7 rings (SSSR count). The van der Waals surface area contributed by atoms with Crippen LogP contribution >= 0.6 is 11.3 Å². The minimum absolute atomic E-state index is 0.0164. The van der Waals surface area contributed by atoms with Crippen LogP contribution in [0.1, 0.15) is 25.0 Å². The SMILES string of the molecule is CC12C(c3ccccc3)=C(c3ccccc3)[C@](C)(C1O)C(S(=O)(=O)c1nc3ccccc3s1)C2S(=O)(=O)c1ccccc1. The maximum atomic E-state index is 14.9. The van der Waals surface area contributed by atoms with Crippen molar-refractivity contribution in [3.05, 3.63) is 126 Å². The number of rotatable bonds is 6. The zero-order chi connectivity index (χ0) is 30.2. The maximum Gasteiger partial charge on any atom is 0.210 e. The van der Waals surface area contributed by atoms with Crippen LogP contribution in [-0.4, -0.2) is 43.5 Å². The zero-order valence-corrected chi connectivity index (χ0v) is 25.9. The molecule has 0 spiro atoms. The lowest BCUT2D eigenvalue weighted by Gasteiger charge is -2.41. The number of hydrogen-bond acceptors (Lipinski definition) is 7. The van der Waals surface area contributed by atoms with E-state index >= 15 is 0 Å². The summed E-state index contributed by atoms with van der Waals surface area (Å²) in [6.07, 6.45) is -1.33. The first-order valence-corrected chi connectivity index (χ1v) is 17.9. The molecule has 4 aromatic carbocycles. The Bertz CT molecular complexity index is 2080. The van der Waals surface area contributed by atoms with Gasteiger partial charge in [0.2, 0.25) is 14.2 Å². The van der Waals surface area contributed by atoms with Crippen molar-refractivity contribution in [2.24, 2.45) is 10.8 Å². The predicted molar refractivity (Wildman–Crippen MR) is 170 cm³/mol. The van der Waals surface area contributed by atoms with Crippen molar-refractivity contribution in [2.75, 3.05) is 0 Å². The van der Waals surface area contributed by atoms with Crippen molar-refractivity contribution in [3.63, 3.8) is 0 Å². The van der Waals surface area contributed by atoms with Gasteiger partial charge < -0.3 is 5.11 Å². The Hall–Kier alpha value is -3.63. The van der Waals surface area contributed by atoms with E-state index in [1.54, 1.807) is 50.2 Å². The summed E-state index contributed by atoms with van der Waals surface area (Å²) in [5.41, 5.74) is 0.326. The van der Waals surface area contributed by atoms with Gasteiger partial charge in [-0.2, -0.15) is 0 Å². The number of benzene rings is 4. The monoisotopic (exact) mass is 627 g/mol. The van der Waals surface area contributed by atoms with Crippen LogP contribution in [0.3, 0.4) is 0 Å². The second-order valence-corrected chi connectivity index (χ2v) is 17.0. The van der Waals surface area contributed by atoms with Gasteiger partial charge in [0.25, 0.3) is 0 Å². The Morgan fingerprint density at radius 1 is 0.628 bits per heavy atom. The molecule has 2 aliphatic carbocycles. The largest absolute Gasteiger partial charge is 0.391 e. The molecule has 0 radical (unpaired) electrons. The fourth-order valence-electron chi connectivity index (χ4n) is 7.59. The first-order chi connectivity index (χ1) is 20.5. The van der Waals surface area contributed by atoms with Gasteiger partial charge in [0.15, 0.2) is 9.84 Å². The molecule has 218 valence electrons. The molecule has 2 aliphatic rings. The van der Waals surface area contributed by atoms with Gasteiger partial charge in [0, 0.05) is 10.8 Å². The summed E-state index contributed by atoms with van der Waals surface area (Å²) < 4.78 is 60.0. The van der Waals surface area contributed by atoms with E-state index in [9.17, 15) is 21.9 Å². The van der Waals surface area contributed by atoms with E-state index in [1.165, 1.54) is 12.1 Å². The number of aliphatic hydroxyl groups is 1. The van der Waals surface area contributed by atoms with E-state index in [0.29, 0.717) is 21.4 Å². The Balaban J connectivity index is 1.60. The van der Waals surface area contributed by atoms with Gasteiger partial charge in [0.1, 0.15) is 0 Å². The minimum atomic E-state index is -4.41. The summed E-state index contributed by atoms with van der Waals surface area (Å²) >= 11 is 1.03. The second kappa shape index (κ2) is 9.69. The highest BCUT2D eigenvalue weighted by Gasteiger charge is 2.78. The van der Waals surface area contributed by atoms with Crippen molar-refractivity contribution in [3.8, 4) is 0 Å². The molecule has 2 bridgehead atoms. The van der Waals surface area contributed by atoms with Gasteiger partial charge in [-0.3, -0.25) is 0 Å². The van der Waals surface area contributed by atoms with E-state index in [0.717, 1.165) is 22.5 Å². The fourth-order valence-corrected chi connectivity index (χ4v) is 14.5. The molecule has 1 aromatic heterocycles. The highest BCUT2D eigenvalue weighted by molar-refractivity contribution is 7.97. The van der Waals surface area contributed by atoms with Crippen LogP contribution in [0, 0.1) is 10.8 Å². The summed E-state index contributed by atoms with van der Waals surface area (Å²) in [4.78, 5) is 4.51. The molecule has 9 heteroatoms. The molecule has 43 heavy (non-hydrogen) atoms. The third kappa shape index (κ3) is 3.81. The molecule has 1 saturated carbocycles. The number of thiazole rings is 1. The number of hydrogen-bond donors (Lipinski definition) is 1. The molecule has 1 N–H and O–H groups in total. The van der Waals surface area contributed by atoms with Crippen molar-refractivity contribution in [1.29, 1.82) is 0 Å². The topological polar surface area (TPSA) is 101 Å². The standard InChI is InChI=1S/C34H29NO5S3/c1-33-27(22-14-6-3-7-15-22)28(23-16-8-4-9-17-23)34(2,31(33)36)30(29(33)42(37,38)24-18-10-5-11-19-24)43(39,40)32-35-25-20-12-13-21-26(25)41-32/h3-21,29-31,36H,1-2H3/t29?,30?,31?,33?,34-/m0/s1. The fraction of sp³-hybridized carbons (Fsp3) is 0.206. The van der Waals surface area contributed by atoms with Gasteiger partial charge in [0.05, 0.1) is 31.7 Å². The lowest BCUT2D eigenvalue weighted by atomic mass is 9.72. The first kappa shape index (κ1) is 28.2. The molecule has 4 unspecified atom stereocenters. The highest BCUT2D eigenvalue weighted by atomic mass is 32.2. The summed E-state index contributed by atoms with van der Waals surface area (Å²) in [7, 11) is -8.73. The minimum Gasteiger partial charge on any atom is -0.391 e. The average molecular weight is 628 g/mol. The Kier molecular flexibility index (Phi) is 6.34. The van der Waals surface area contributed by atoms with E-state index < -0.39 is 47.1 Å². The number of aliphatic hydroxyl groups excluding tert-OH is 1. The van der Waals surface area contributed by atoms with Crippen molar-refractivity contribution < 1.29 is 21.9 Å². The molecule has 1 heterocycles. The van der Waals surface area contributed by atoms with E-state index in [2.05, 4.69) is 4.98 Å². The molecule has 0 saturated heterocycles. The molecule has 1 fully saturated rings. The van der Waals surface area contributed by atoms with Crippen LogP contribution in [0.25, 0.3) is 21.4 Å². The van der Waals surface area contributed by atoms with E-state index in [1.807, 2.05) is 66.7 Å². The first-order valence-electron chi connectivity index (χ1n) is 14.0. The van der Waals surface area contributed by atoms with Gasteiger partial charge in [-0.25, -0.2) is 21.8 Å². The van der Waals surface area contributed by atoms with E-state index in [-0.39, 0.29) is 9.24 Å². The molecular weight excluding hydrogens is 599 g/mol. The van der Waals surface area contributed by atoms with Crippen LogP contribution < -0.4 is 0 Å². The predicted octanol–water partition coefficient (Wildman–Crippen LogP) is 6.29. The van der Waals surface area contributed by atoms with Crippen LogP contribution in [0.4, 0.5) is 0 Å². The van der Waals surface area contributed by atoms with E-state index in [4.69, 9.17) is 0 Å². The Labute approximate surface area is 255 Å². The van der Waals surface area contributed by atoms with Gasteiger partial charge in [-0.05, 0) is 46.5 Å². The highest BCUT2D eigenvalue weighted by Crippen LogP contribution is 2.72. The quantitative estimate of drug-likeness (QED) is 0.237. The molecule has 5 aromatic rings. The number of para-hydroxylation sites is 1. The third-order valence-corrected chi connectivity index (χ3v) is 15.6. The normalized spacial score (nSPS) is 27.2. The van der Waals surface area contributed by atoms with Gasteiger partial charge in [-0.1, -0.05) is 105 Å². The van der Waals surface area contributed by atoms with Gasteiger partial charge >= 0.3 is 0 Å². The van der Waals surface area contributed by atoms with Gasteiger partial charge in [-0.15, -0.1) is 11.3 Å². The molecule has 5 atom stereocenters. The number of sulfone groups is 2. The van der Waals surface area contributed by atoms with Crippen molar-refractivity contribution in [2.45, 2.75) is 39.7 Å². The number of nitrogens with zero attached hydrogens (tertiary/aromatic N) is 1. The van der Waals surface area contributed by atoms with Crippen LogP contribution in [0.2, 0.25) is 0 Å². The lowest BCUT2D eigenvalue weighted by molar-refractivity contribution is 0.0589. The average Bonchev–Trinajstić information content (AvgIpc) is 3.60. The summed E-state index contributed by atoms with van der Waals surface area (Å²) in [5.74, 6) is 0. The number of fused-ring (bicyclic) bond motifs is 3. The van der Waals surface area contributed by atoms with Crippen LogP contribution in [0.15, 0.2) is 124 Å². The molecule has 0 aliphatic heterocycles. The maximum absolute atomic E-state index is 14.9. The van der Waals surface area contributed by atoms with Crippen molar-refractivity contribution >= 4 is 52.4 Å². The number of aromatic nitrogens is 1. The third-order valence-electron chi connectivity index (χ3n) is 9.30. The van der Waals surface area contributed by atoms with Crippen LogP contribution in [0.5, 0.6) is 0 Å². The Morgan fingerprint density at radius 3 is 1.58 bits per heavy atom. The lowest BCUT2D eigenvalue weighted by Crippen LogP contribution is -2.51. The summed E-state index contributed by atoms with van der Waals surface area (Å²) in [5, 5.41) is 9.41. The Morgan fingerprint density at radius 2 is 1.07 bits per heavy atom. The second-order valence-electron chi connectivity index (χ2n) is 11.6. The zero-order valence-electron chi connectivity index (χ0n) is 23.5. The summed E-state index contributed by atoms with van der Waals surface area (Å²) in [6.45, 7) is 3.43.